The maximum atomic E-state index is 10.9. The van der Waals surface area contributed by atoms with Crippen LogP contribution in [-0.4, -0.2) is 26.4 Å². The number of halogens is 2. The smallest absolute Gasteiger partial charge is 0.179 e. The summed E-state index contributed by atoms with van der Waals surface area (Å²) in [6.07, 6.45) is 1.48. The number of methoxy groups -OCH3 is 2. The van der Waals surface area contributed by atoms with Crippen LogP contribution < -0.4 is 20.0 Å². The number of ether oxygens (including phenoxy) is 2. The molecular formula is C16H13Cl2N2O4-. The van der Waals surface area contributed by atoms with E-state index in [1.54, 1.807) is 12.1 Å². The summed E-state index contributed by atoms with van der Waals surface area (Å²) in [7, 11) is 2.99. The summed E-state index contributed by atoms with van der Waals surface area (Å²) in [4.78, 5) is 10.9. The molecule has 0 atom stereocenters. The van der Waals surface area contributed by atoms with Crippen molar-refractivity contribution >= 4 is 41.1 Å². The van der Waals surface area contributed by atoms with Crippen molar-refractivity contribution in [2.24, 2.45) is 5.10 Å². The molecular weight excluding hydrogens is 355 g/mol. The third-order valence-corrected chi connectivity index (χ3v) is 3.67. The fourth-order valence-corrected chi connectivity index (χ4v) is 2.38. The monoisotopic (exact) mass is 367 g/mol. The fourth-order valence-electron chi connectivity index (χ4n) is 1.93. The van der Waals surface area contributed by atoms with Crippen molar-refractivity contribution in [3.8, 4) is 11.5 Å². The number of anilines is 1. The molecule has 0 fully saturated rings. The minimum absolute atomic E-state index is 0.00809. The van der Waals surface area contributed by atoms with E-state index in [4.69, 9.17) is 32.7 Å². The summed E-state index contributed by atoms with van der Waals surface area (Å²) in [5.74, 6) is -0.414. The normalized spacial score (nSPS) is 10.7. The lowest BCUT2D eigenvalue weighted by atomic mass is 10.2. The number of rotatable bonds is 6. The van der Waals surface area contributed by atoms with Gasteiger partial charge < -0.3 is 19.4 Å². The number of carbonyl (C=O) groups excluding carboxylic acids is 1. The summed E-state index contributed by atoms with van der Waals surface area (Å²) >= 11 is 12.1. The SMILES string of the molecule is COc1cc(/C=N\Nc2cc(C(=O)[O-])ccc2Cl)cc(Cl)c1OC. The van der Waals surface area contributed by atoms with Gasteiger partial charge in [0, 0.05) is 0 Å². The molecule has 8 heteroatoms. The molecule has 0 amide bonds. The van der Waals surface area contributed by atoms with Gasteiger partial charge >= 0.3 is 0 Å². The Morgan fingerprint density at radius 3 is 2.54 bits per heavy atom. The summed E-state index contributed by atoms with van der Waals surface area (Å²) in [6, 6.07) is 7.46. The maximum absolute atomic E-state index is 10.9. The van der Waals surface area contributed by atoms with Gasteiger partial charge in [0.2, 0.25) is 0 Å². The molecule has 0 aliphatic heterocycles. The topological polar surface area (TPSA) is 83.0 Å². The standard InChI is InChI=1S/C16H14Cl2N2O4/c1-23-14-6-9(5-12(18)15(14)24-2)8-19-20-13-7-10(16(21)22)3-4-11(13)17/h3-8,20H,1-2H3,(H,21,22)/p-1/b19-8-. The molecule has 0 radical (unpaired) electrons. The molecule has 0 aliphatic carbocycles. The molecule has 1 N–H and O–H groups in total. The van der Waals surface area contributed by atoms with Gasteiger partial charge in [-0.15, -0.1) is 0 Å². The van der Waals surface area contributed by atoms with Crippen LogP contribution in [-0.2, 0) is 0 Å². The van der Waals surface area contributed by atoms with Crippen molar-refractivity contribution in [3.05, 3.63) is 51.5 Å². The van der Waals surface area contributed by atoms with Gasteiger partial charge in [0.1, 0.15) is 0 Å². The summed E-state index contributed by atoms with van der Waals surface area (Å²) in [5, 5.41) is 15.6. The van der Waals surface area contributed by atoms with Crippen LogP contribution in [0.15, 0.2) is 35.4 Å². The predicted octanol–water partition coefficient (Wildman–Crippen LogP) is 2.82. The molecule has 0 bridgehead atoms. The third kappa shape index (κ3) is 4.10. The highest BCUT2D eigenvalue weighted by molar-refractivity contribution is 6.33. The van der Waals surface area contributed by atoms with E-state index in [0.717, 1.165) is 0 Å². The molecule has 6 nitrogen and oxygen atoms in total. The van der Waals surface area contributed by atoms with Crippen LogP contribution in [0.25, 0.3) is 0 Å². The molecule has 0 aromatic heterocycles. The van der Waals surface area contributed by atoms with E-state index in [9.17, 15) is 9.90 Å². The van der Waals surface area contributed by atoms with Gasteiger partial charge in [-0.3, -0.25) is 5.43 Å². The molecule has 2 rings (SSSR count). The minimum atomic E-state index is -1.30. The summed E-state index contributed by atoms with van der Waals surface area (Å²) in [5.41, 5.74) is 3.65. The van der Waals surface area contributed by atoms with Crippen molar-refractivity contribution in [1.82, 2.24) is 0 Å². The quantitative estimate of drug-likeness (QED) is 0.626. The van der Waals surface area contributed by atoms with Crippen LogP contribution in [0.2, 0.25) is 10.0 Å². The first kappa shape index (κ1) is 17.9. The zero-order chi connectivity index (χ0) is 17.7. The lowest BCUT2D eigenvalue weighted by molar-refractivity contribution is -0.255. The molecule has 2 aromatic rings. The van der Waals surface area contributed by atoms with E-state index >= 15 is 0 Å². The zero-order valence-electron chi connectivity index (χ0n) is 12.8. The molecule has 0 spiro atoms. The number of carbonyl (C=O) groups is 1. The largest absolute Gasteiger partial charge is 0.545 e. The van der Waals surface area contributed by atoms with Gasteiger partial charge in [0.15, 0.2) is 11.5 Å². The van der Waals surface area contributed by atoms with Crippen LogP contribution in [0.5, 0.6) is 11.5 Å². The van der Waals surface area contributed by atoms with Crippen molar-refractivity contribution in [3.63, 3.8) is 0 Å². The first-order valence-electron chi connectivity index (χ1n) is 6.67. The number of carboxylic acids is 1. The van der Waals surface area contributed by atoms with E-state index in [2.05, 4.69) is 10.5 Å². The summed E-state index contributed by atoms with van der Waals surface area (Å²) < 4.78 is 10.3. The molecule has 0 unspecified atom stereocenters. The zero-order valence-corrected chi connectivity index (χ0v) is 14.3. The lowest BCUT2D eigenvalue weighted by Gasteiger charge is -2.10. The van der Waals surface area contributed by atoms with Gasteiger partial charge in [0.05, 0.1) is 42.1 Å². The second-order valence-corrected chi connectivity index (χ2v) is 5.40. The molecule has 24 heavy (non-hydrogen) atoms. The third-order valence-electron chi connectivity index (χ3n) is 3.06. The summed E-state index contributed by atoms with van der Waals surface area (Å²) in [6.45, 7) is 0. The number of carboxylic acid groups (broad SMARTS) is 1. The molecule has 0 aliphatic rings. The highest BCUT2D eigenvalue weighted by Crippen LogP contribution is 2.35. The Morgan fingerprint density at radius 1 is 1.17 bits per heavy atom. The maximum Gasteiger partial charge on any atom is 0.179 e. The van der Waals surface area contributed by atoms with E-state index in [-0.39, 0.29) is 5.56 Å². The number of hydrazone groups is 1. The Hall–Kier alpha value is -2.44. The molecule has 0 heterocycles. The number of benzene rings is 2. The van der Waals surface area contributed by atoms with E-state index in [1.165, 1.54) is 38.6 Å². The Labute approximate surface area is 148 Å². The van der Waals surface area contributed by atoms with Crippen molar-refractivity contribution in [1.29, 1.82) is 0 Å². The van der Waals surface area contributed by atoms with E-state index in [0.29, 0.717) is 32.8 Å². The van der Waals surface area contributed by atoms with Crippen molar-refractivity contribution < 1.29 is 19.4 Å². The number of aromatic carboxylic acids is 1. The van der Waals surface area contributed by atoms with Crippen LogP contribution in [0.4, 0.5) is 5.69 Å². The Bertz CT molecular complexity index is 794. The van der Waals surface area contributed by atoms with Gasteiger partial charge in [-0.25, -0.2) is 0 Å². The second-order valence-electron chi connectivity index (χ2n) is 4.59. The minimum Gasteiger partial charge on any atom is -0.545 e. The second kappa shape index (κ2) is 7.90. The number of nitrogens with one attached hydrogen (secondary N) is 1. The first-order valence-corrected chi connectivity index (χ1v) is 7.43. The van der Waals surface area contributed by atoms with Crippen molar-refractivity contribution in [2.75, 3.05) is 19.6 Å². The van der Waals surface area contributed by atoms with Crippen LogP contribution >= 0.6 is 23.2 Å². The van der Waals surface area contributed by atoms with Gasteiger partial charge in [0.25, 0.3) is 0 Å². The Morgan fingerprint density at radius 2 is 1.92 bits per heavy atom. The van der Waals surface area contributed by atoms with Crippen LogP contribution in [0.1, 0.15) is 15.9 Å². The number of hydrogen-bond acceptors (Lipinski definition) is 6. The lowest BCUT2D eigenvalue weighted by Crippen LogP contribution is -2.22. The number of nitrogens with zero attached hydrogens (tertiary/aromatic N) is 1. The van der Waals surface area contributed by atoms with E-state index in [1.807, 2.05) is 0 Å². The van der Waals surface area contributed by atoms with E-state index < -0.39 is 5.97 Å². The predicted molar refractivity (Wildman–Crippen MR) is 91.6 cm³/mol. The average Bonchev–Trinajstić information content (AvgIpc) is 2.55. The van der Waals surface area contributed by atoms with Gasteiger partial charge in [-0.2, -0.15) is 5.10 Å². The molecule has 126 valence electrons. The Balaban J connectivity index is 2.22. The van der Waals surface area contributed by atoms with Crippen LogP contribution in [0, 0.1) is 0 Å². The van der Waals surface area contributed by atoms with Gasteiger partial charge in [-0.05, 0) is 35.4 Å². The molecule has 0 saturated carbocycles. The molecule has 0 saturated heterocycles. The highest BCUT2D eigenvalue weighted by Gasteiger charge is 2.10. The molecule has 2 aromatic carbocycles. The van der Waals surface area contributed by atoms with Crippen molar-refractivity contribution in [2.45, 2.75) is 0 Å². The van der Waals surface area contributed by atoms with Gasteiger partial charge in [-0.1, -0.05) is 29.3 Å². The average molecular weight is 368 g/mol. The highest BCUT2D eigenvalue weighted by atomic mass is 35.5. The number of hydrogen-bond donors (Lipinski definition) is 1. The first-order chi connectivity index (χ1) is 11.5. The van der Waals surface area contributed by atoms with Crippen LogP contribution in [0.3, 0.4) is 0 Å². The Kier molecular flexibility index (Phi) is 5.89. The fraction of sp³-hybridized carbons (Fsp3) is 0.125.